The zero-order valence-electron chi connectivity index (χ0n) is 11.6. The van der Waals surface area contributed by atoms with Crippen molar-refractivity contribution in [3.8, 4) is 0 Å². The van der Waals surface area contributed by atoms with Gasteiger partial charge < -0.3 is 10.2 Å². The number of rotatable bonds is 3. The molecule has 21 heavy (non-hydrogen) atoms. The van der Waals surface area contributed by atoms with Gasteiger partial charge in [-0.25, -0.2) is 9.18 Å². The molecular weight excluding hydrogens is 287 g/mol. The molecule has 3 rings (SSSR count). The van der Waals surface area contributed by atoms with E-state index in [1.54, 1.807) is 17.4 Å². The van der Waals surface area contributed by atoms with Crippen LogP contribution in [-0.2, 0) is 19.4 Å². The quantitative estimate of drug-likeness (QED) is 0.928. The minimum Gasteiger partial charge on any atom is -0.338 e. The first-order valence-electron chi connectivity index (χ1n) is 7.05. The number of hydrogen-bond acceptors (Lipinski definition) is 2. The van der Waals surface area contributed by atoms with Crippen LogP contribution in [0.25, 0.3) is 0 Å². The van der Waals surface area contributed by atoms with Crippen molar-refractivity contribution in [2.45, 2.75) is 19.4 Å². The van der Waals surface area contributed by atoms with Crippen LogP contribution in [0.15, 0.2) is 35.7 Å². The van der Waals surface area contributed by atoms with E-state index < -0.39 is 0 Å². The van der Waals surface area contributed by atoms with Crippen LogP contribution in [0, 0.1) is 5.82 Å². The van der Waals surface area contributed by atoms with Crippen LogP contribution >= 0.6 is 11.3 Å². The van der Waals surface area contributed by atoms with E-state index >= 15 is 0 Å². The second-order valence-corrected chi connectivity index (χ2v) is 6.15. The Kier molecular flexibility index (Phi) is 4.20. The van der Waals surface area contributed by atoms with Crippen molar-refractivity contribution in [1.29, 1.82) is 0 Å². The summed E-state index contributed by atoms with van der Waals surface area (Å²) < 4.78 is 13.1. The molecule has 1 aromatic heterocycles. The summed E-state index contributed by atoms with van der Waals surface area (Å²) in [5.74, 6) is -0.236. The molecule has 0 atom stereocenters. The highest BCUT2D eigenvalue weighted by atomic mass is 32.1. The van der Waals surface area contributed by atoms with Gasteiger partial charge in [0, 0.05) is 24.5 Å². The Labute approximate surface area is 127 Å². The van der Waals surface area contributed by atoms with E-state index in [4.69, 9.17) is 0 Å². The molecule has 0 saturated carbocycles. The maximum atomic E-state index is 13.1. The molecule has 0 aliphatic carbocycles. The highest BCUT2D eigenvalue weighted by Gasteiger charge is 2.20. The second kappa shape index (κ2) is 6.26. The van der Waals surface area contributed by atoms with Gasteiger partial charge >= 0.3 is 6.03 Å². The predicted molar refractivity (Wildman–Crippen MR) is 81.9 cm³/mol. The predicted octanol–water partition coefficient (Wildman–Crippen LogP) is 3.20. The third kappa shape index (κ3) is 3.42. The van der Waals surface area contributed by atoms with Gasteiger partial charge in [-0.3, -0.25) is 0 Å². The Morgan fingerprint density at radius 3 is 3.14 bits per heavy atom. The lowest BCUT2D eigenvalue weighted by molar-refractivity contribution is 0.193. The fraction of sp³-hybridized carbons (Fsp3) is 0.312. The van der Waals surface area contributed by atoms with Crippen LogP contribution < -0.4 is 5.32 Å². The number of urea groups is 1. The lowest BCUT2D eigenvalue weighted by Gasteiger charge is -2.27. The zero-order valence-corrected chi connectivity index (χ0v) is 12.5. The number of hydrogen-bond donors (Lipinski definition) is 1. The Balaban J connectivity index is 1.49. The number of nitrogens with zero attached hydrogens (tertiary/aromatic N) is 1. The van der Waals surface area contributed by atoms with Gasteiger partial charge in [0.25, 0.3) is 0 Å². The summed E-state index contributed by atoms with van der Waals surface area (Å²) in [6, 6.07) is 8.54. The third-order valence-corrected chi connectivity index (χ3v) is 4.70. The number of halogens is 1. The molecule has 1 aromatic carbocycles. The van der Waals surface area contributed by atoms with Gasteiger partial charge in [-0.1, -0.05) is 12.1 Å². The largest absolute Gasteiger partial charge is 0.338 e. The second-order valence-electron chi connectivity index (χ2n) is 5.15. The van der Waals surface area contributed by atoms with Crippen LogP contribution in [-0.4, -0.2) is 24.0 Å². The number of nitrogens with one attached hydrogen (secondary N) is 1. The maximum absolute atomic E-state index is 13.1. The van der Waals surface area contributed by atoms with E-state index in [1.807, 2.05) is 11.0 Å². The van der Waals surface area contributed by atoms with Crippen LogP contribution in [0.5, 0.6) is 0 Å². The van der Waals surface area contributed by atoms with Crippen LogP contribution in [0.4, 0.5) is 9.18 Å². The smallest absolute Gasteiger partial charge is 0.317 e. The topological polar surface area (TPSA) is 32.3 Å². The van der Waals surface area contributed by atoms with Crippen LogP contribution in [0.2, 0.25) is 0 Å². The number of carbonyl (C=O) groups is 1. The summed E-state index contributed by atoms with van der Waals surface area (Å²) >= 11 is 1.76. The van der Waals surface area contributed by atoms with Gasteiger partial charge in [-0.15, -0.1) is 11.3 Å². The van der Waals surface area contributed by atoms with E-state index in [9.17, 15) is 9.18 Å². The lowest BCUT2D eigenvalue weighted by Crippen LogP contribution is -2.43. The molecule has 0 spiro atoms. The Morgan fingerprint density at radius 2 is 2.29 bits per heavy atom. The number of fused-ring (bicyclic) bond motifs is 1. The molecule has 1 aliphatic rings. The molecule has 5 heteroatoms. The summed E-state index contributed by atoms with van der Waals surface area (Å²) in [6.45, 7) is 1.97. The highest BCUT2D eigenvalue weighted by molar-refractivity contribution is 7.10. The minimum atomic E-state index is -0.236. The fourth-order valence-electron chi connectivity index (χ4n) is 2.54. The molecule has 1 N–H and O–H groups in total. The van der Waals surface area contributed by atoms with Crippen molar-refractivity contribution in [1.82, 2.24) is 10.2 Å². The van der Waals surface area contributed by atoms with E-state index in [1.165, 1.54) is 22.6 Å². The van der Waals surface area contributed by atoms with Crippen molar-refractivity contribution >= 4 is 17.4 Å². The molecule has 0 fully saturated rings. The normalized spacial score (nSPS) is 13.9. The SMILES string of the molecule is O=C(NCCc1cccc(F)c1)N1CCc2sccc2C1. The molecule has 3 nitrogen and oxygen atoms in total. The van der Waals surface area contributed by atoms with Crippen molar-refractivity contribution in [2.75, 3.05) is 13.1 Å². The van der Waals surface area contributed by atoms with E-state index in [2.05, 4.69) is 16.8 Å². The monoisotopic (exact) mass is 304 g/mol. The van der Waals surface area contributed by atoms with Gasteiger partial charge in [0.15, 0.2) is 0 Å². The highest BCUT2D eigenvalue weighted by Crippen LogP contribution is 2.23. The van der Waals surface area contributed by atoms with Crippen LogP contribution in [0.1, 0.15) is 16.0 Å². The fourth-order valence-corrected chi connectivity index (χ4v) is 3.43. The van der Waals surface area contributed by atoms with Crippen molar-refractivity contribution in [3.05, 3.63) is 57.5 Å². The number of thiophene rings is 1. The lowest BCUT2D eigenvalue weighted by atomic mass is 10.1. The Bertz CT molecular complexity index is 641. The van der Waals surface area contributed by atoms with E-state index in [-0.39, 0.29) is 11.8 Å². The minimum absolute atomic E-state index is 0.0387. The molecule has 1 aliphatic heterocycles. The van der Waals surface area contributed by atoms with E-state index in [0.29, 0.717) is 19.5 Å². The third-order valence-electron chi connectivity index (χ3n) is 3.67. The van der Waals surface area contributed by atoms with Gasteiger partial charge in [-0.2, -0.15) is 0 Å². The molecule has 110 valence electrons. The molecule has 2 heterocycles. The van der Waals surface area contributed by atoms with Gasteiger partial charge in [0.2, 0.25) is 0 Å². The van der Waals surface area contributed by atoms with Gasteiger partial charge in [0.1, 0.15) is 5.82 Å². The molecular formula is C16H17FN2OS. The number of carbonyl (C=O) groups excluding carboxylic acids is 1. The summed E-state index contributed by atoms with van der Waals surface area (Å²) in [7, 11) is 0. The van der Waals surface area contributed by atoms with Crippen molar-refractivity contribution in [2.24, 2.45) is 0 Å². The average molecular weight is 304 g/mol. The van der Waals surface area contributed by atoms with Crippen LogP contribution in [0.3, 0.4) is 0 Å². The molecule has 0 bridgehead atoms. The number of amides is 2. The Hall–Kier alpha value is -1.88. The first-order valence-corrected chi connectivity index (χ1v) is 7.93. The summed E-state index contributed by atoms with van der Waals surface area (Å²) in [5, 5.41) is 4.99. The molecule has 0 saturated heterocycles. The maximum Gasteiger partial charge on any atom is 0.317 e. The summed E-state index contributed by atoms with van der Waals surface area (Å²) in [5.41, 5.74) is 2.15. The van der Waals surface area contributed by atoms with Crippen molar-refractivity contribution in [3.63, 3.8) is 0 Å². The zero-order chi connectivity index (χ0) is 14.7. The number of benzene rings is 1. The Morgan fingerprint density at radius 1 is 1.38 bits per heavy atom. The molecule has 0 radical (unpaired) electrons. The first kappa shape index (κ1) is 14.1. The summed E-state index contributed by atoms with van der Waals surface area (Å²) in [6.07, 6.45) is 1.57. The van der Waals surface area contributed by atoms with Gasteiger partial charge in [-0.05, 0) is 47.5 Å². The average Bonchev–Trinajstić information content (AvgIpc) is 2.94. The standard InChI is InChI=1S/C16H17FN2OS/c17-14-3-1-2-12(10-14)4-7-18-16(20)19-8-5-15-13(11-19)6-9-21-15/h1-3,6,9-10H,4-5,7-8,11H2,(H,18,20). The molecule has 2 amide bonds. The van der Waals surface area contributed by atoms with Gasteiger partial charge in [0.05, 0.1) is 0 Å². The van der Waals surface area contributed by atoms with Crippen molar-refractivity contribution < 1.29 is 9.18 Å². The molecule has 0 unspecified atom stereocenters. The first-order chi connectivity index (χ1) is 10.2. The van der Waals surface area contributed by atoms with E-state index in [0.717, 1.165) is 18.5 Å². The summed E-state index contributed by atoms with van der Waals surface area (Å²) in [4.78, 5) is 15.4. The molecule has 2 aromatic rings.